The number of rotatable bonds is 7. The van der Waals surface area contributed by atoms with E-state index in [9.17, 15) is 0 Å². The van der Waals surface area contributed by atoms with E-state index in [0.29, 0.717) is 5.52 Å². The molecule has 11 aromatic rings. The molecule has 0 aliphatic rings. The highest BCUT2D eigenvalue weighted by atomic mass is 19.1. The standard InChI is InChI=1S/C54H35FN2O/c55-49-22-10-21-47-46-18-4-6-23-50(46)57(54(47)49)44-17-9-15-40(35-44)37-26-30-41(31-27-37)56(43-16-8-14-39(34-43)36-12-2-1-3-13-36)42-32-28-38(29-33-42)45-20-11-25-52-53(45)48-19-5-7-24-51(48)58-52/h1-35H. The van der Waals surface area contributed by atoms with Crippen LogP contribution in [0.15, 0.2) is 217 Å². The highest BCUT2D eigenvalue weighted by Crippen LogP contribution is 2.41. The molecule has 274 valence electrons. The summed E-state index contributed by atoms with van der Waals surface area (Å²) in [5, 5.41) is 4.18. The number of anilines is 3. The number of halogens is 1. The van der Waals surface area contributed by atoms with Crippen LogP contribution in [0.2, 0.25) is 0 Å². The van der Waals surface area contributed by atoms with E-state index in [1.54, 1.807) is 6.07 Å². The molecular weight excluding hydrogens is 712 g/mol. The molecule has 0 atom stereocenters. The van der Waals surface area contributed by atoms with E-state index in [0.717, 1.165) is 88.8 Å². The van der Waals surface area contributed by atoms with Crippen LogP contribution in [0.4, 0.5) is 21.5 Å². The number of hydrogen-bond acceptors (Lipinski definition) is 2. The number of nitrogens with zero attached hydrogens (tertiary/aromatic N) is 2. The fourth-order valence-electron chi connectivity index (χ4n) is 8.58. The first-order valence-electron chi connectivity index (χ1n) is 19.5. The largest absolute Gasteiger partial charge is 0.456 e. The zero-order chi connectivity index (χ0) is 38.6. The summed E-state index contributed by atoms with van der Waals surface area (Å²) in [7, 11) is 0. The lowest BCUT2D eigenvalue weighted by molar-refractivity contribution is 0.635. The minimum Gasteiger partial charge on any atom is -0.456 e. The van der Waals surface area contributed by atoms with Crippen molar-refractivity contribution in [2.75, 3.05) is 4.90 Å². The molecule has 0 saturated carbocycles. The molecule has 4 heteroatoms. The number of benzene rings is 9. The van der Waals surface area contributed by atoms with Gasteiger partial charge in [-0.05, 0) is 106 Å². The predicted molar refractivity (Wildman–Crippen MR) is 239 cm³/mol. The molecule has 2 aromatic heterocycles. The van der Waals surface area contributed by atoms with Gasteiger partial charge in [-0.25, -0.2) is 4.39 Å². The fourth-order valence-corrected chi connectivity index (χ4v) is 8.58. The van der Waals surface area contributed by atoms with Gasteiger partial charge < -0.3 is 13.9 Å². The second-order valence-electron chi connectivity index (χ2n) is 14.7. The Bertz CT molecular complexity index is 3290. The molecular formula is C54H35FN2O. The van der Waals surface area contributed by atoms with Crippen LogP contribution in [-0.4, -0.2) is 4.57 Å². The van der Waals surface area contributed by atoms with Crippen molar-refractivity contribution in [3.05, 3.63) is 218 Å². The highest BCUT2D eigenvalue weighted by molar-refractivity contribution is 6.12. The average molecular weight is 747 g/mol. The zero-order valence-electron chi connectivity index (χ0n) is 31.4. The van der Waals surface area contributed by atoms with Crippen LogP contribution in [0.3, 0.4) is 0 Å². The third kappa shape index (κ3) is 5.65. The quantitative estimate of drug-likeness (QED) is 0.162. The van der Waals surface area contributed by atoms with Gasteiger partial charge in [-0.3, -0.25) is 0 Å². The van der Waals surface area contributed by atoms with Gasteiger partial charge in [-0.1, -0.05) is 140 Å². The Kier molecular flexibility index (Phi) is 8.00. The van der Waals surface area contributed by atoms with Gasteiger partial charge in [0.05, 0.1) is 11.0 Å². The Morgan fingerprint density at radius 2 is 0.983 bits per heavy atom. The van der Waals surface area contributed by atoms with E-state index in [1.807, 2.05) is 47.0 Å². The van der Waals surface area contributed by atoms with Gasteiger partial charge in [0.25, 0.3) is 0 Å². The molecule has 0 unspecified atom stereocenters. The number of para-hydroxylation sites is 3. The van der Waals surface area contributed by atoms with Crippen molar-refractivity contribution in [2.45, 2.75) is 0 Å². The molecule has 0 bridgehead atoms. The topological polar surface area (TPSA) is 21.3 Å². The Morgan fingerprint density at radius 3 is 1.79 bits per heavy atom. The molecule has 0 amide bonds. The van der Waals surface area contributed by atoms with Gasteiger partial charge in [0.1, 0.15) is 17.0 Å². The smallest absolute Gasteiger partial charge is 0.147 e. The average Bonchev–Trinajstić information content (AvgIpc) is 3.85. The summed E-state index contributed by atoms with van der Waals surface area (Å²) in [6.45, 7) is 0. The Balaban J connectivity index is 0.997. The second-order valence-corrected chi connectivity index (χ2v) is 14.7. The van der Waals surface area contributed by atoms with Crippen molar-refractivity contribution in [1.82, 2.24) is 4.57 Å². The van der Waals surface area contributed by atoms with Crippen LogP contribution in [0.1, 0.15) is 0 Å². The maximum absolute atomic E-state index is 15.5. The van der Waals surface area contributed by atoms with Crippen molar-refractivity contribution in [2.24, 2.45) is 0 Å². The van der Waals surface area contributed by atoms with Crippen LogP contribution in [0.25, 0.3) is 82.8 Å². The maximum atomic E-state index is 15.5. The molecule has 0 spiro atoms. The SMILES string of the molecule is Fc1cccc2c3ccccc3n(-c3cccc(-c4ccc(N(c5ccc(-c6cccc7oc8ccccc8c67)cc5)c5cccc(-c6ccccc6)c5)cc4)c3)c12. The van der Waals surface area contributed by atoms with E-state index in [2.05, 4.69) is 163 Å². The molecule has 0 fully saturated rings. The van der Waals surface area contributed by atoms with Crippen LogP contribution in [-0.2, 0) is 0 Å². The normalized spacial score (nSPS) is 11.5. The molecule has 11 rings (SSSR count). The molecule has 3 nitrogen and oxygen atoms in total. The van der Waals surface area contributed by atoms with Crippen LogP contribution in [0, 0.1) is 5.82 Å². The van der Waals surface area contributed by atoms with Gasteiger partial charge in [0.15, 0.2) is 0 Å². The van der Waals surface area contributed by atoms with Gasteiger partial charge in [0.2, 0.25) is 0 Å². The van der Waals surface area contributed by atoms with Crippen molar-refractivity contribution in [3.8, 4) is 39.1 Å². The minimum absolute atomic E-state index is 0.236. The first-order valence-corrected chi connectivity index (χ1v) is 19.5. The Labute approximate surface area is 335 Å². The van der Waals surface area contributed by atoms with Crippen molar-refractivity contribution < 1.29 is 8.81 Å². The minimum atomic E-state index is -0.236. The van der Waals surface area contributed by atoms with E-state index < -0.39 is 0 Å². The van der Waals surface area contributed by atoms with Crippen LogP contribution >= 0.6 is 0 Å². The lowest BCUT2D eigenvalue weighted by Crippen LogP contribution is -2.10. The predicted octanol–water partition coefficient (Wildman–Crippen LogP) is 15.3. The van der Waals surface area contributed by atoms with Crippen molar-refractivity contribution >= 4 is 60.8 Å². The number of furan rings is 1. The summed E-state index contributed by atoms with van der Waals surface area (Å²) in [6.07, 6.45) is 0. The molecule has 2 heterocycles. The van der Waals surface area contributed by atoms with Crippen LogP contribution < -0.4 is 4.90 Å². The molecule has 0 saturated heterocycles. The van der Waals surface area contributed by atoms with E-state index >= 15 is 4.39 Å². The zero-order valence-corrected chi connectivity index (χ0v) is 31.4. The first kappa shape index (κ1) is 33.6. The molecule has 0 radical (unpaired) electrons. The third-order valence-electron chi connectivity index (χ3n) is 11.3. The van der Waals surface area contributed by atoms with E-state index in [-0.39, 0.29) is 5.82 Å². The summed E-state index contributed by atoms with van der Waals surface area (Å²) in [6, 6.07) is 73.1. The second kappa shape index (κ2) is 13.8. The summed E-state index contributed by atoms with van der Waals surface area (Å²) in [5.41, 5.74) is 14.1. The molecule has 0 aliphatic carbocycles. The lowest BCUT2D eigenvalue weighted by atomic mass is 9.99. The Hall–Kier alpha value is -7.69. The molecule has 0 N–H and O–H groups in total. The monoisotopic (exact) mass is 746 g/mol. The maximum Gasteiger partial charge on any atom is 0.147 e. The van der Waals surface area contributed by atoms with Crippen molar-refractivity contribution in [1.29, 1.82) is 0 Å². The molecule has 0 aliphatic heterocycles. The highest BCUT2D eigenvalue weighted by Gasteiger charge is 2.18. The van der Waals surface area contributed by atoms with Gasteiger partial charge in [0, 0.05) is 44.3 Å². The number of aromatic nitrogens is 1. The summed E-state index contributed by atoms with van der Waals surface area (Å²) >= 11 is 0. The Morgan fingerprint density at radius 1 is 0.397 bits per heavy atom. The van der Waals surface area contributed by atoms with Crippen LogP contribution in [0.5, 0.6) is 0 Å². The van der Waals surface area contributed by atoms with Crippen molar-refractivity contribution in [3.63, 3.8) is 0 Å². The van der Waals surface area contributed by atoms with E-state index in [4.69, 9.17) is 4.42 Å². The molecule has 9 aromatic carbocycles. The number of fused-ring (bicyclic) bond motifs is 6. The van der Waals surface area contributed by atoms with Gasteiger partial charge in [-0.2, -0.15) is 0 Å². The fraction of sp³-hybridized carbons (Fsp3) is 0. The van der Waals surface area contributed by atoms with Gasteiger partial charge >= 0.3 is 0 Å². The first-order chi connectivity index (χ1) is 28.7. The summed E-state index contributed by atoms with van der Waals surface area (Å²) < 4.78 is 23.8. The van der Waals surface area contributed by atoms with Gasteiger partial charge in [-0.15, -0.1) is 0 Å². The number of hydrogen-bond donors (Lipinski definition) is 0. The third-order valence-corrected chi connectivity index (χ3v) is 11.3. The molecule has 58 heavy (non-hydrogen) atoms. The summed E-state index contributed by atoms with van der Waals surface area (Å²) in [5.74, 6) is -0.236. The lowest BCUT2D eigenvalue weighted by Gasteiger charge is -2.26. The van der Waals surface area contributed by atoms with E-state index in [1.165, 1.54) is 11.6 Å². The summed E-state index contributed by atoms with van der Waals surface area (Å²) in [4.78, 5) is 2.31.